The summed E-state index contributed by atoms with van der Waals surface area (Å²) in [5, 5.41) is 4.35. The summed E-state index contributed by atoms with van der Waals surface area (Å²) in [5.41, 5.74) is 2.85. The highest BCUT2D eigenvalue weighted by Gasteiger charge is 2.16. The van der Waals surface area contributed by atoms with Crippen molar-refractivity contribution in [3.8, 4) is 0 Å². The minimum absolute atomic E-state index is 0.158. The Morgan fingerprint density at radius 2 is 2.00 bits per heavy atom. The molecule has 0 aliphatic rings. The van der Waals surface area contributed by atoms with E-state index in [-0.39, 0.29) is 5.43 Å². The van der Waals surface area contributed by atoms with Gasteiger partial charge in [-0.15, -0.1) is 0 Å². The Labute approximate surface area is 156 Å². The monoisotopic (exact) mass is 366 g/mol. The maximum atomic E-state index is 13.8. The van der Waals surface area contributed by atoms with E-state index in [4.69, 9.17) is 0 Å². The molecule has 0 radical (unpaired) electrons. The molecule has 0 fully saturated rings. The van der Waals surface area contributed by atoms with Gasteiger partial charge >= 0.3 is 0 Å². The number of pyridine rings is 1. The second kappa shape index (κ2) is 7.12. The summed E-state index contributed by atoms with van der Waals surface area (Å²) in [6.07, 6.45) is 2.68. The van der Waals surface area contributed by atoms with E-state index >= 15 is 0 Å². The van der Waals surface area contributed by atoms with Crippen LogP contribution < -0.4 is 10.7 Å². The van der Waals surface area contributed by atoms with E-state index in [9.17, 15) is 9.18 Å². The summed E-state index contributed by atoms with van der Waals surface area (Å²) in [6.45, 7) is 8.17. The van der Waals surface area contributed by atoms with Crippen molar-refractivity contribution in [3.05, 3.63) is 52.7 Å². The number of aromatic nitrogens is 2. The minimum Gasteiger partial charge on any atom is -0.384 e. The first-order chi connectivity index (χ1) is 13.1. The molecular formula is C21H23FN4O. The van der Waals surface area contributed by atoms with E-state index in [0.29, 0.717) is 16.3 Å². The Kier molecular flexibility index (Phi) is 4.66. The average molecular weight is 366 g/mol. The number of hydrogen-bond donors (Lipinski definition) is 1. The first kappa shape index (κ1) is 17.7. The van der Waals surface area contributed by atoms with Gasteiger partial charge in [-0.1, -0.05) is 13.8 Å². The molecule has 140 valence electrons. The zero-order chi connectivity index (χ0) is 19.0. The fourth-order valence-electron chi connectivity index (χ4n) is 3.77. The molecular weight excluding hydrogens is 343 g/mol. The number of halogens is 1. The normalized spacial score (nSPS) is 12.0. The lowest BCUT2D eigenvalue weighted by atomic mass is 10.1. The highest BCUT2D eigenvalue weighted by atomic mass is 19.1. The van der Waals surface area contributed by atoms with E-state index in [2.05, 4.69) is 29.0 Å². The number of nitrogens with zero attached hydrogens (tertiary/aromatic N) is 3. The third-order valence-corrected chi connectivity index (χ3v) is 5.26. The molecule has 0 saturated carbocycles. The fraction of sp³-hybridized carbons (Fsp3) is 0.333. The predicted molar refractivity (Wildman–Crippen MR) is 109 cm³/mol. The van der Waals surface area contributed by atoms with Gasteiger partial charge in [0.15, 0.2) is 5.43 Å². The SMILES string of the molecule is CCN(CC)CCCNc1ccc2ncn3c4ccc(F)cc4c(=O)c1c23. The van der Waals surface area contributed by atoms with Crippen molar-refractivity contribution in [3.63, 3.8) is 0 Å². The lowest BCUT2D eigenvalue weighted by Gasteiger charge is -2.18. The Hall–Kier alpha value is -2.73. The molecule has 27 heavy (non-hydrogen) atoms. The molecule has 0 amide bonds. The number of rotatable bonds is 7. The van der Waals surface area contributed by atoms with Crippen LogP contribution >= 0.6 is 0 Å². The van der Waals surface area contributed by atoms with Gasteiger partial charge in [0.05, 0.1) is 21.9 Å². The Morgan fingerprint density at radius 3 is 2.78 bits per heavy atom. The topological polar surface area (TPSA) is 49.6 Å². The molecule has 0 unspecified atom stereocenters. The highest BCUT2D eigenvalue weighted by molar-refractivity contribution is 6.06. The zero-order valence-electron chi connectivity index (χ0n) is 15.6. The van der Waals surface area contributed by atoms with Crippen molar-refractivity contribution < 1.29 is 4.39 Å². The molecule has 0 atom stereocenters. The summed E-state index contributed by atoms with van der Waals surface area (Å²) in [7, 11) is 0. The molecule has 2 aromatic heterocycles. The standard InChI is InChI=1S/C21H23FN4O/c1-3-25(4-2)11-5-10-23-16-7-8-17-20-19(16)21(27)15-12-14(22)6-9-18(15)26(20)13-24-17/h6-9,12-13,23H,3-5,10-11H2,1-2H3. The molecule has 2 heterocycles. The van der Waals surface area contributed by atoms with Crippen LogP contribution in [0.15, 0.2) is 41.5 Å². The molecule has 5 nitrogen and oxygen atoms in total. The number of imidazole rings is 1. The summed E-state index contributed by atoms with van der Waals surface area (Å²) < 4.78 is 15.6. The first-order valence-corrected chi connectivity index (χ1v) is 9.45. The van der Waals surface area contributed by atoms with Gasteiger partial charge in [0.1, 0.15) is 12.1 Å². The number of fused-ring (bicyclic) bond motifs is 2. The van der Waals surface area contributed by atoms with Crippen LogP contribution in [0.1, 0.15) is 20.3 Å². The van der Waals surface area contributed by atoms with Crippen LogP contribution in [-0.2, 0) is 0 Å². The summed E-state index contributed by atoms with van der Waals surface area (Å²) in [6, 6.07) is 8.14. The second-order valence-electron chi connectivity index (χ2n) is 6.77. The molecule has 4 rings (SSSR count). The molecule has 0 aliphatic heterocycles. The summed E-state index contributed by atoms with van der Waals surface area (Å²) >= 11 is 0. The van der Waals surface area contributed by atoms with Crippen LogP contribution in [0.5, 0.6) is 0 Å². The largest absolute Gasteiger partial charge is 0.384 e. The lowest BCUT2D eigenvalue weighted by molar-refractivity contribution is 0.303. The minimum atomic E-state index is -0.411. The van der Waals surface area contributed by atoms with Gasteiger partial charge in [-0.2, -0.15) is 0 Å². The van der Waals surface area contributed by atoms with Crippen LogP contribution in [0, 0.1) is 5.82 Å². The van der Waals surface area contributed by atoms with Gasteiger partial charge in [0, 0.05) is 17.6 Å². The van der Waals surface area contributed by atoms with E-state index in [1.165, 1.54) is 12.1 Å². The maximum absolute atomic E-state index is 13.8. The van der Waals surface area contributed by atoms with Crippen molar-refractivity contribution in [2.24, 2.45) is 0 Å². The van der Waals surface area contributed by atoms with Crippen molar-refractivity contribution in [1.29, 1.82) is 0 Å². The van der Waals surface area contributed by atoms with Gasteiger partial charge in [0.2, 0.25) is 0 Å². The van der Waals surface area contributed by atoms with Crippen molar-refractivity contribution >= 4 is 33.0 Å². The number of anilines is 1. The molecule has 0 saturated heterocycles. The Balaban J connectivity index is 1.76. The lowest BCUT2D eigenvalue weighted by Crippen LogP contribution is -2.25. The molecule has 0 bridgehead atoms. The zero-order valence-corrected chi connectivity index (χ0v) is 15.6. The van der Waals surface area contributed by atoms with Gasteiger partial charge in [0.25, 0.3) is 0 Å². The fourth-order valence-corrected chi connectivity index (χ4v) is 3.77. The van der Waals surface area contributed by atoms with Crippen molar-refractivity contribution in [1.82, 2.24) is 14.3 Å². The molecule has 4 aromatic rings. The van der Waals surface area contributed by atoms with Gasteiger partial charge in [-0.25, -0.2) is 9.37 Å². The maximum Gasteiger partial charge on any atom is 0.199 e. The van der Waals surface area contributed by atoms with Crippen LogP contribution in [-0.4, -0.2) is 40.5 Å². The third-order valence-electron chi connectivity index (χ3n) is 5.26. The first-order valence-electron chi connectivity index (χ1n) is 9.45. The molecule has 0 spiro atoms. The van der Waals surface area contributed by atoms with Crippen molar-refractivity contribution in [2.45, 2.75) is 20.3 Å². The average Bonchev–Trinajstić information content (AvgIpc) is 3.11. The van der Waals surface area contributed by atoms with Gasteiger partial charge in [-0.3, -0.25) is 9.20 Å². The second-order valence-corrected chi connectivity index (χ2v) is 6.77. The number of nitrogens with one attached hydrogen (secondary N) is 1. The van der Waals surface area contributed by atoms with Crippen LogP contribution in [0.3, 0.4) is 0 Å². The van der Waals surface area contributed by atoms with Gasteiger partial charge < -0.3 is 10.2 Å². The number of benzene rings is 2. The van der Waals surface area contributed by atoms with E-state index in [1.807, 2.05) is 16.5 Å². The highest BCUT2D eigenvalue weighted by Crippen LogP contribution is 2.28. The predicted octanol–water partition coefficient (Wildman–Crippen LogP) is 3.72. The van der Waals surface area contributed by atoms with Gasteiger partial charge in [-0.05, 0) is 56.4 Å². The number of hydrogen-bond acceptors (Lipinski definition) is 4. The van der Waals surface area contributed by atoms with Crippen LogP contribution in [0.2, 0.25) is 0 Å². The summed E-state index contributed by atoms with van der Waals surface area (Å²) in [4.78, 5) is 19.9. The van der Waals surface area contributed by atoms with E-state index in [1.54, 1.807) is 12.4 Å². The molecule has 6 heteroatoms. The van der Waals surface area contributed by atoms with E-state index < -0.39 is 5.82 Å². The van der Waals surface area contributed by atoms with Crippen molar-refractivity contribution in [2.75, 3.05) is 31.5 Å². The quantitative estimate of drug-likeness (QED) is 0.400. The molecule has 0 aliphatic carbocycles. The third kappa shape index (κ3) is 3.00. The van der Waals surface area contributed by atoms with Crippen LogP contribution in [0.4, 0.5) is 10.1 Å². The molecule has 1 N–H and O–H groups in total. The Morgan fingerprint density at radius 1 is 1.19 bits per heavy atom. The van der Waals surface area contributed by atoms with E-state index in [0.717, 1.165) is 49.3 Å². The van der Waals surface area contributed by atoms with Crippen LogP contribution in [0.25, 0.3) is 27.3 Å². The Bertz CT molecular complexity index is 1150. The smallest absolute Gasteiger partial charge is 0.199 e. The summed E-state index contributed by atoms with van der Waals surface area (Å²) in [5.74, 6) is -0.411. The molecule has 2 aromatic carbocycles.